The average Bonchev–Trinajstić information content (AvgIpc) is 2.75. The van der Waals surface area contributed by atoms with Gasteiger partial charge in [0, 0.05) is 11.9 Å². The average molecular weight is 457 g/mol. The molecule has 4 N–H and O–H groups in total. The van der Waals surface area contributed by atoms with E-state index >= 15 is 0 Å². The van der Waals surface area contributed by atoms with Crippen molar-refractivity contribution < 1.29 is 27.9 Å². The molecule has 1 heterocycles. The van der Waals surface area contributed by atoms with E-state index in [4.69, 9.17) is 0 Å². The number of aromatic carboxylic acids is 1. The van der Waals surface area contributed by atoms with E-state index in [0.29, 0.717) is 17.4 Å². The maximum absolute atomic E-state index is 13.6. The van der Waals surface area contributed by atoms with Gasteiger partial charge in [0.15, 0.2) is 0 Å². The van der Waals surface area contributed by atoms with Crippen LogP contribution in [0.2, 0.25) is 0 Å². The van der Waals surface area contributed by atoms with E-state index in [2.05, 4.69) is 32.5 Å². The molecule has 0 aliphatic rings. The maximum Gasteiger partial charge on any atom is 0.421 e. The van der Waals surface area contributed by atoms with E-state index in [1.165, 1.54) is 24.3 Å². The van der Waals surface area contributed by atoms with Crippen LogP contribution in [0, 0.1) is 6.92 Å². The molecule has 11 heteroatoms. The molecule has 3 rings (SSSR count). The number of hydrogen-bond donors (Lipinski definition) is 4. The van der Waals surface area contributed by atoms with Crippen molar-refractivity contribution in [3.63, 3.8) is 0 Å². The van der Waals surface area contributed by atoms with Gasteiger partial charge in [0.05, 0.1) is 16.9 Å². The second kappa shape index (κ2) is 9.39. The van der Waals surface area contributed by atoms with Gasteiger partial charge < -0.3 is 21.1 Å². The molecule has 0 bridgehead atoms. The summed E-state index contributed by atoms with van der Waals surface area (Å²) < 4.78 is 40.8. The van der Waals surface area contributed by atoms with Gasteiger partial charge in [0.1, 0.15) is 11.4 Å². The fourth-order valence-electron chi connectivity index (χ4n) is 2.77. The number of alkyl halides is 3. The highest BCUT2D eigenvalue weighted by molar-refractivity contribution is 6.01. The zero-order valence-corrected chi connectivity index (χ0v) is 17.2. The van der Waals surface area contributed by atoms with Gasteiger partial charge in [-0.15, -0.1) is 0 Å². The number of carbonyl (C=O) groups is 2. The third-order valence-electron chi connectivity index (χ3n) is 4.45. The molecule has 8 nitrogen and oxygen atoms in total. The second-order valence-corrected chi connectivity index (χ2v) is 6.78. The Kier molecular flexibility index (Phi) is 6.61. The number of para-hydroxylation sites is 2. The zero-order valence-electron chi connectivity index (χ0n) is 17.2. The van der Waals surface area contributed by atoms with Gasteiger partial charge >= 0.3 is 12.1 Å². The molecule has 3 aromatic rings. The Morgan fingerprint density at radius 2 is 1.76 bits per heavy atom. The van der Waals surface area contributed by atoms with Crippen molar-refractivity contribution in [3.05, 3.63) is 78.0 Å². The van der Waals surface area contributed by atoms with Crippen LogP contribution in [0.3, 0.4) is 0 Å². The number of hydrogen-bond acceptors (Lipinski definition) is 6. The Labute approximate surface area is 186 Å². The summed E-state index contributed by atoms with van der Waals surface area (Å²) in [6.45, 7) is 5.04. The fourth-order valence-corrected chi connectivity index (χ4v) is 2.77. The molecule has 1 aromatic heterocycles. The summed E-state index contributed by atoms with van der Waals surface area (Å²) >= 11 is 0. The smallest absolute Gasteiger partial charge is 0.421 e. The van der Waals surface area contributed by atoms with Gasteiger partial charge in [-0.3, -0.25) is 4.79 Å². The molecule has 0 fully saturated rings. The molecule has 0 aliphatic heterocycles. The summed E-state index contributed by atoms with van der Waals surface area (Å²) in [5, 5.41) is 17.0. The van der Waals surface area contributed by atoms with Gasteiger partial charge in [0.2, 0.25) is 11.9 Å². The highest BCUT2D eigenvalue weighted by Gasteiger charge is 2.35. The Morgan fingerprint density at radius 1 is 1.06 bits per heavy atom. The number of carboxylic acids is 1. The summed E-state index contributed by atoms with van der Waals surface area (Å²) in [4.78, 5) is 30.6. The molecule has 0 saturated heterocycles. The predicted molar refractivity (Wildman–Crippen MR) is 117 cm³/mol. The normalized spacial score (nSPS) is 10.9. The van der Waals surface area contributed by atoms with Crippen LogP contribution in [-0.2, 0) is 11.0 Å². The molecule has 1 amide bonds. The molecule has 0 saturated carbocycles. The zero-order chi connectivity index (χ0) is 24.2. The Hall–Kier alpha value is -4.41. The quantitative estimate of drug-likeness (QED) is 0.364. The van der Waals surface area contributed by atoms with Gasteiger partial charge in [-0.1, -0.05) is 24.8 Å². The SMILES string of the molecule is C=CC(=O)Nc1ccccc1Nc1nc(Nc2cc(C(=O)O)ccc2C)ncc1C(F)(F)F. The minimum atomic E-state index is -4.76. The first-order valence-electron chi connectivity index (χ1n) is 9.43. The van der Waals surface area contributed by atoms with Crippen LogP contribution in [0.15, 0.2) is 61.3 Å². The Balaban J connectivity index is 2.01. The van der Waals surface area contributed by atoms with Crippen LogP contribution in [0.1, 0.15) is 21.5 Å². The molecule has 33 heavy (non-hydrogen) atoms. The number of halogens is 3. The van der Waals surface area contributed by atoms with Crippen LogP contribution in [0.5, 0.6) is 0 Å². The number of carboxylic acid groups (broad SMARTS) is 1. The number of benzene rings is 2. The second-order valence-electron chi connectivity index (χ2n) is 6.78. The van der Waals surface area contributed by atoms with Crippen molar-refractivity contribution in [2.75, 3.05) is 16.0 Å². The fraction of sp³-hybridized carbons (Fsp3) is 0.0909. The minimum absolute atomic E-state index is 0.0137. The lowest BCUT2D eigenvalue weighted by Crippen LogP contribution is -2.14. The largest absolute Gasteiger partial charge is 0.478 e. The van der Waals surface area contributed by atoms with Crippen molar-refractivity contribution in [3.8, 4) is 0 Å². The van der Waals surface area contributed by atoms with Gasteiger partial charge in [-0.25, -0.2) is 9.78 Å². The lowest BCUT2D eigenvalue weighted by Gasteiger charge is -2.17. The molecular weight excluding hydrogens is 439 g/mol. The first-order chi connectivity index (χ1) is 15.6. The van der Waals surface area contributed by atoms with Crippen LogP contribution in [0.25, 0.3) is 0 Å². The van der Waals surface area contributed by atoms with Crippen molar-refractivity contribution in [2.24, 2.45) is 0 Å². The number of rotatable bonds is 7. The number of carbonyl (C=O) groups excluding carboxylic acids is 1. The number of amides is 1. The maximum atomic E-state index is 13.6. The van der Waals surface area contributed by atoms with E-state index < -0.39 is 29.4 Å². The Bertz CT molecular complexity index is 1230. The monoisotopic (exact) mass is 457 g/mol. The number of nitrogens with zero attached hydrogens (tertiary/aromatic N) is 2. The van der Waals surface area contributed by atoms with Crippen LogP contribution < -0.4 is 16.0 Å². The van der Waals surface area contributed by atoms with E-state index in [1.807, 2.05) is 0 Å². The molecule has 0 atom stereocenters. The van der Waals surface area contributed by atoms with Crippen molar-refractivity contribution >= 4 is 40.7 Å². The molecule has 170 valence electrons. The van der Waals surface area contributed by atoms with Crippen molar-refractivity contribution in [1.82, 2.24) is 9.97 Å². The summed E-state index contributed by atoms with van der Waals surface area (Å²) in [6, 6.07) is 10.4. The summed E-state index contributed by atoms with van der Waals surface area (Å²) in [5.74, 6) is -2.46. The standard InChI is InChI=1S/C22H18F3N5O3/c1-3-18(31)27-15-6-4-5-7-16(15)28-19-14(22(23,24)25)11-26-21(30-19)29-17-10-13(20(32)33)9-8-12(17)2/h3-11H,1H2,2H3,(H,27,31)(H,32,33)(H2,26,28,29,30). The first-order valence-corrected chi connectivity index (χ1v) is 9.43. The van der Waals surface area contributed by atoms with Crippen LogP contribution >= 0.6 is 0 Å². The number of aromatic nitrogens is 2. The van der Waals surface area contributed by atoms with Gasteiger partial charge in [0.25, 0.3) is 0 Å². The summed E-state index contributed by atoms with van der Waals surface area (Å²) in [5.41, 5.74) is 0.185. The van der Waals surface area contributed by atoms with Crippen LogP contribution in [0.4, 0.5) is 42.0 Å². The van der Waals surface area contributed by atoms with Gasteiger partial charge in [-0.05, 0) is 42.8 Å². The van der Waals surface area contributed by atoms with Crippen molar-refractivity contribution in [1.29, 1.82) is 0 Å². The van der Waals surface area contributed by atoms with E-state index in [-0.39, 0.29) is 22.9 Å². The first kappa shape index (κ1) is 23.3. The third-order valence-corrected chi connectivity index (χ3v) is 4.45. The van der Waals surface area contributed by atoms with Crippen molar-refractivity contribution in [2.45, 2.75) is 13.1 Å². The third kappa shape index (κ3) is 5.64. The van der Waals surface area contributed by atoms with E-state index in [1.54, 1.807) is 25.1 Å². The molecule has 0 aliphatic carbocycles. The molecule has 0 radical (unpaired) electrons. The lowest BCUT2D eigenvalue weighted by atomic mass is 10.1. The number of nitrogens with one attached hydrogen (secondary N) is 3. The molecule has 0 spiro atoms. The lowest BCUT2D eigenvalue weighted by molar-refractivity contribution is -0.137. The van der Waals surface area contributed by atoms with Gasteiger partial charge in [-0.2, -0.15) is 18.2 Å². The van der Waals surface area contributed by atoms with E-state index in [9.17, 15) is 27.9 Å². The summed E-state index contributed by atoms with van der Waals surface area (Å²) in [6.07, 6.45) is -3.13. The highest BCUT2D eigenvalue weighted by Crippen LogP contribution is 2.36. The topological polar surface area (TPSA) is 116 Å². The summed E-state index contributed by atoms with van der Waals surface area (Å²) in [7, 11) is 0. The van der Waals surface area contributed by atoms with Crippen LogP contribution in [-0.4, -0.2) is 27.0 Å². The molecular formula is C22H18F3N5O3. The number of aryl methyl sites for hydroxylation is 1. The minimum Gasteiger partial charge on any atom is -0.478 e. The molecule has 2 aromatic carbocycles. The highest BCUT2D eigenvalue weighted by atomic mass is 19.4. The number of anilines is 5. The molecule has 0 unspecified atom stereocenters. The predicted octanol–water partition coefficient (Wildman–Crippen LogP) is 5.11. The Morgan fingerprint density at radius 3 is 2.39 bits per heavy atom. The van der Waals surface area contributed by atoms with E-state index in [0.717, 1.165) is 6.08 Å².